The molecule has 5 heteroatoms. The van der Waals surface area contributed by atoms with Crippen LogP contribution in [0.2, 0.25) is 0 Å². The molecule has 0 aromatic heterocycles. The molecule has 1 atom stereocenters. The Bertz CT molecular complexity index is 400. The van der Waals surface area contributed by atoms with Gasteiger partial charge in [0.2, 0.25) is 0 Å². The molecule has 0 spiro atoms. The first kappa shape index (κ1) is 20.3. The van der Waals surface area contributed by atoms with Gasteiger partial charge < -0.3 is 15.1 Å². The van der Waals surface area contributed by atoms with E-state index in [0.29, 0.717) is 5.41 Å². The van der Waals surface area contributed by atoms with Gasteiger partial charge in [0.15, 0.2) is 5.96 Å². The third-order valence-electron chi connectivity index (χ3n) is 6.25. The van der Waals surface area contributed by atoms with E-state index in [1.165, 1.54) is 84.1 Å². The SMILES string of the molecule is CN=C(NCC1(C)CCCC1)N1CCC(CN2CCCCC2)C1.I. The molecule has 0 aromatic rings. The summed E-state index contributed by atoms with van der Waals surface area (Å²) >= 11 is 0. The minimum absolute atomic E-state index is 0. The van der Waals surface area contributed by atoms with Gasteiger partial charge in [0.25, 0.3) is 0 Å². The Hall–Kier alpha value is -0.0400. The third-order valence-corrected chi connectivity index (χ3v) is 6.25. The fraction of sp³-hybridized carbons (Fsp3) is 0.947. The van der Waals surface area contributed by atoms with Crippen LogP contribution in [0.1, 0.15) is 58.3 Å². The zero-order chi connectivity index (χ0) is 16.1. The maximum atomic E-state index is 4.56. The van der Waals surface area contributed by atoms with Crippen LogP contribution in [0.15, 0.2) is 4.99 Å². The summed E-state index contributed by atoms with van der Waals surface area (Å²) in [6.07, 6.45) is 11.1. The van der Waals surface area contributed by atoms with Crippen LogP contribution in [0, 0.1) is 11.3 Å². The summed E-state index contributed by atoms with van der Waals surface area (Å²) < 4.78 is 0. The van der Waals surface area contributed by atoms with Crippen molar-refractivity contribution in [2.75, 3.05) is 46.3 Å². The zero-order valence-corrected chi connectivity index (χ0v) is 18.1. The zero-order valence-electron chi connectivity index (χ0n) is 15.7. The third kappa shape index (κ3) is 5.48. The number of aliphatic imine (C=N–C) groups is 1. The Morgan fingerprint density at radius 3 is 2.46 bits per heavy atom. The second-order valence-corrected chi connectivity index (χ2v) is 8.38. The summed E-state index contributed by atoms with van der Waals surface area (Å²) in [5.74, 6) is 1.97. The van der Waals surface area contributed by atoms with E-state index in [1.807, 2.05) is 7.05 Å². The highest BCUT2D eigenvalue weighted by atomic mass is 127. The molecular formula is C19H37IN4. The highest BCUT2D eigenvalue weighted by Gasteiger charge is 2.31. The predicted octanol–water partition coefficient (Wildman–Crippen LogP) is 3.57. The van der Waals surface area contributed by atoms with Gasteiger partial charge >= 0.3 is 0 Å². The van der Waals surface area contributed by atoms with Gasteiger partial charge in [0.1, 0.15) is 0 Å². The number of piperidine rings is 1. The average Bonchev–Trinajstić information content (AvgIpc) is 3.19. The van der Waals surface area contributed by atoms with E-state index in [2.05, 4.69) is 27.0 Å². The van der Waals surface area contributed by atoms with Crippen LogP contribution in [0.4, 0.5) is 0 Å². The quantitative estimate of drug-likeness (QED) is 0.405. The molecule has 2 aliphatic heterocycles. The second kappa shape index (κ2) is 9.60. The van der Waals surface area contributed by atoms with E-state index in [0.717, 1.165) is 18.4 Å². The molecule has 4 nitrogen and oxygen atoms in total. The maximum absolute atomic E-state index is 4.56. The molecule has 2 heterocycles. The summed E-state index contributed by atoms with van der Waals surface area (Å²) in [5.41, 5.74) is 0.489. The van der Waals surface area contributed by atoms with Crippen molar-refractivity contribution >= 4 is 29.9 Å². The van der Waals surface area contributed by atoms with Gasteiger partial charge in [-0.1, -0.05) is 26.2 Å². The maximum Gasteiger partial charge on any atom is 0.193 e. The first-order valence-electron chi connectivity index (χ1n) is 9.86. The molecule has 140 valence electrons. The monoisotopic (exact) mass is 448 g/mol. The highest BCUT2D eigenvalue weighted by molar-refractivity contribution is 14.0. The summed E-state index contributed by atoms with van der Waals surface area (Å²) in [4.78, 5) is 9.74. The molecule has 0 aromatic carbocycles. The fourth-order valence-electron chi connectivity index (χ4n) is 4.71. The number of nitrogens with zero attached hydrogens (tertiary/aromatic N) is 3. The van der Waals surface area contributed by atoms with Crippen molar-refractivity contribution in [3.63, 3.8) is 0 Å². The highest BCUT2D eigenvalue weighted by Crippen LogP contribution is 2.36. The number of rotatable bonds is 4. The van der Waals surface area contributed by atoms with Crippen LogP contribution in [0.5, 0.6) is 0 Å². The lowest BCUT2D eigenvalue weighted by Gasteiger charge is -2.30. The number of nitrogens with one attached hydrogen (secondary N) is 1. The summed E-state index contributed by atoms with van der Waals surface area (Å²) in [5, 5.41) is 3.68. The molecule has 24 heavy (non-hydrogen) atoms. The molecule has 3 aliphatic rings. The van der Waals surface area contributed by atoms with Crippen LogP contribution < -0.4 is 5.32 Å². The first-order chi connectivity index (χ1) is 11.2. The van der Waals surface area contributed by atoms with Gasteiger partial charge in [-0.25, -0.2) is 0 Å². The van der Waals surface area contributed by atoms with Crippen molar-refractivity contribution in [3.8, 4) is 0 Å². The van der Waals surface area contributed by atoms with E-state index in [-0.39, 0.29) is 24.0 Å². The van der Waals surface area contributed by atoms with Crippen molar-refractivity contribution in [1.29, 1.82) is 0 Å². The molecular weight excluding hydrogens is 411 g/mol. The Kier molecular flexibility index (Phi) is 8.11. The van der Waals surface area contributed by atoms with E-state index in [4.69, 9.17) is 0 Å². The minimum Gasteiger partial charge on any atom is -0.356 e. The lowest BCUT2D eigenvalue weighted by molar-refractivity contribution is 0.198. The van der Waals surface area contributed by atoms with Crippen LogP contribution in [0.25, 0.3) is 0 Å². The number of hydrogen-bond acceptors (Lipinski definition) is 2. The Morgan fingerprint density at radius 1 is 1.08 bits per heavy atom. The number of halogens is 1. The van der Waals surface area contributed by atoms with Crippen molar-refractivity contribution in [2.24, 2.45) is 16.3 Å². The van der Waals surface area contributed by atoms with Crippen molar-refractivity contribution in [3.05, 3.63) is 0 Å². The summed E-state index contributed by atoms with van der Waals surface area (Å²) in [7, 11) is 1.94. The molecule has 0 bridgehead atoms. The normalized spacial score (nSPS) is 28.0. The summed E-state index contributed by atoms with van der Waals surface area (Å²) in [6, 6.07) is 0. The topological polar surface area (TPSA) is 30.9 Å². The number of guanidine groups is 1. The fourth-order valence-corrected chi connectivity index (χ4v) is 4.71. The first-order valence-corrected chi connectivity index (χ1v) is 9.86. The smallest absolute Gasteiger partial charge is 0.193 e. The van der Waals surface area contributed by atoms with Gasteiger partial charge in [-0.15, -0.1) is 24.0 Å². The second-order valence-electron chi connectivity index (χ2n) is 8.38. The summed E-state index contributed by atoms with van der Waals surface area (Å²) in [6.45, 7) is 9.83. The van der Waals surface area contributed by atoms with Gasteiger partial charge in [-0.3, -0.25) is 4.99 Å². The van der Waals surface area contributed by atoms with Crippen LogP contribution in [-0.2, 0) is 0 Å². The Balaban J connectivity index is 0.00000208. The van der Waals surface area contributed by atoms with E-state index in [9.17, 15) is 0 Å². The minimum atomic E-state index is 0. The largest absolute Gasteiger partial charge is 0.356 e. The molecule has 1 N–H and O–H groups in total. The van der Waals surface area contributed by atoms with E-state index >= 15 is 0 Å². The van der Waals surface area contributed by atoms with Crippen molar-refractivity contribution < 1.29 is 0 Å². The lowest BCUT2D eigenvalue weighted by Crippen LogP contribution is -2.44. The van der Waals surface area contributed by atoms with Crippen molar-refractivity contribution in [1.82, 2.24) is 15.1 Å². The molecule has 0 radical (unpaired) electrons. The van der Waals surface area contributed by atoms with Crippen molar-refractivity contribution in [2.45, 2.75) is 58.3 Å². The van der Waals surface area contributed by atoms with E-state index < -0.39 is 0 Å². The van der Waals surface area contributed by atoms with E-state index in [1.54, 1.807) is 0 Å². The van der Waals surface area contributed by atoms with Gasteiger partial charge in [0.05, 0.1) is 0 Å². The molecule has 3 rings (SSSR count). The predicted molar refractivity (Wildman–Crippen MR) is 113 cm³/mol. The van der Waals surface area contributed by atoms with Gasteiger partial charge in [-0.2, -0.15) is 0 Å². The number of hydrogen-bond donors (Lipinski definition) is 1. The molecule has 2 saturated heterocycles. The number of likely N-dealkylation sites (tertiary alicyclic amines) is 2. The van der Waals surface area contributed by atoms with Crippen LogP contribution in [-0.4, -0.2) is 62.1 Å². The molecule has 0 amide bonds. The standard InChI is InChI=1S/C19H36N4.HI/c1-19(9-4-5-10-19)16-21-18(20-2)23-13-8-17(15-23)14-22-11-6-3-7-12-22;/h17H,3-16H2,1-2H3,(H,20,21);1H. The van der Waals surface area contributed by atoms with Gasteiger partial charge in [0, 0.05) is 33.2 Å². The molecule has 1 aliphatic carbocycles. The Morgan fingerprint density at radius 2 is 1.79 bits per heavy atom. The Labute approximate surface area is 165 Å². The average molecular weight is 448 g/mol. The van der Waals surface area contributed by atoms with Crippen LogP contribution >= 0.6 is 24.0 Å². The van der Waals surface area contributed by atoms with Crippen LogP contribution in [0.3, 0.4) is 0 Å². The molecule has 3 fully saturated rings. The molecule has 1 unspecified atom stereocenters. The van der Waals surface area contributed by atoms with Gasteiger partial charge in [-0.05, 0) is 56.5 Å². The lowest BCUT2D eigenvalue weighted by atomic mass is 9.89. The molecule has 1 saturated carbocycles.